The van der Waals surface area contributed by atoms with Gasteiger partial charge in [0.25, 0.3) is 0 Å². The van der Waals surface area contributed by atoms with Crippen molar-refractivity contribution in [3.63, 3.8) is 0 Å². The molecule has 1 aliphatic heterocycles. The van der Waals surface area contributed by atoms with E-state index in [1.54, 1.807) is 0 Å². The second kappa shape index (κ2) is 6.89. The predicted molar refractivity (Wildman–Crippen MR) is 84.0 cm³/mol. The molecule has 1 N–H and O–H groups in total. The molecular weight excluding hydrogens is 248 g/mol. The van der Waals surface area contributed by atoms with Crippen molar-refractivity contribution in [2.45, 2.75) is 46.1 Å². The molecule has 1 heterocycles. The molecule has 0 fully saturated rings. The van der Waals surface area contributed by atoms with E-state index in [0.29, 0.717) is 18.4 Å². The van der Waals surface area contributed by atoms with Gasteiger partial charge in [0.1, 0.15) is 0 Å². The zero-order valence-electron chi connectivity index (χ0n) is 12.9. The van der Waals surface area contributed by atoms with Crippen LogP contribution < -0.4 is 10.2 Å². The molecule has 0 saturated heterocycles. The average molecular weight is 274 g/mol. The van der Waals surface area contributed by atoms with Crippen LogP contribution in [0.25, 0.3) is 0 Å². The molecular formula is C17H26N2O. The van der Waals surface area contributed by atoms with Crippen LogP contribution in [-0.4, -0.2) is 25.0 Å². The molecule has 3 heteroatoms. The number of benzene rings is 1. The number of hydrogen-bond acceptors (Lipinski definition) is 2. The number of para-hydroxylation sites is 1. The molecule has 0 aromatic heterocycles. The molecule has 0 bridgehead atoms. The highest BCUT2D eigenvalue weighted by molar-refractivity contribution is 5.96. The molecule has 1 aliphatic rings. The lowest BCUT2D eigenvalue weighted by atomic mass is 9.98. The average Bonchev–Trinajstić information content (AvgIpc) is 2.45. The van der Waals surface area contributed by atoms with E-state index in [1.807, 2.05) is 11.0 Å². The Kier molecular flexibility index (Phi) is 5.18. The minimum absolute atomic E-state index is 0.257. The van der Waals surface area contributed by atoms with E-state index in [4.69, 9.17) is 0 Å². The number of carbonyl (C=O) groups excluding carboxylic acids is 1. The summed E-state index contributed by atoms with van der Waals surface area (Å²) in [6, 6.07) is 8.64. The van der Waals surface area contributed by atoms with Crippen molar-refractivity contribution in [1.82, 2.24) is 5.32 Å². The summed E-state index contributed by atoms with van der Waals surface area (Å²) < 4.78 is 0. The van der Waals surface area contributed by atoms with Crippen LogP contribution in [0.3, 0.4) is 0 Å². The number of amides is 1. The first kappa shape index (κ1) is 15.0. The van der Waals surface area contributed by atoms with E-state index in [2.05, 4.69) is 44.3 Å². The summed E-state index contributed by atoms with van der Waals surface area (Å²) in [6.07, 6.45) is 2.63. The normalized spacial score (nSPS) is 16.4. The molecule has 0 spiro atoms. The molecule has 2 rings (SSSR count). The van der Waals surface area contributed by atoms with E-state index in [9.17, 15) is 4.79 Å². The molecule has 1 atom stereocenters. The van der Waals surface area contributed by atoms with Crippen LogP contribution in [-0.2, 0) is 11.2 Å². The first-order valence-corrected chi connectivity index (χ1v) is 7.75. The minimum Gasteiger partial charge on any atom is -0.312 e. The van der Waals surface area contributed by atoms with Gasteiger partial charge in [-0.05, 0) is 36.9 Å². The van der Waals surface area contributed by atoms with Gasteiger partial charge in [0.05, 0.1) is 0 Å². The Hall–Kier alpha value is -1.35. The molecule has 1 aromatic rings. The molecule has 1 unspecified atom stereocenters. The van der Waals surface area contributed by atoms with Crippen molar-refractivity contribution in [1.29, 1.82) is 0 Å². The molecule has 1 amide bonds. The van der Waals surface area contributed by atoms with E-state index in [0.717, 1.165) is 31.6 Å². The third kappa shape index (κ3) is 3.40. The van der Waals surface area contributed by atoms with Gasteiger partial charge in [-0.1, -0.05) is 39.0 Å². The van der Waals surface area contributed by atoms with Gasteiger partial charge in [0.2, 0.25) is 5.91 Å². The second-order valence-corrected chi connectivity index (χ2v) is 5.94. The third-order valence-electron chi connectivity index (χ3n) is 4.03. The van der Waals surface area contributed by atoms with Gasteiger partial charge in [-0.2, -0.15) is 0 Å². The Morgan fingerprint density at radius 3 is 2.70 bits per heavy atom. The zero-order valence-corrected chi connectivity index (χ0v) is 12.9. The molecule has 0 aliphatic carbocycles. The van der Waals surface area contributed by atoms with Crippen LogP contribution in [0.4, 0.5) is 5.69 Å². The number of aryl methyl sites for hydroxylation is 1. The lowest BCUT2D eigenvalue weighted by molar-refractivity contribution is -0.119. The molecule has 1 aromatic carbocycles. The Morgan fingerprint density at radius 1 is 1.25 bits per heavy atom. The second-order valence-electron chi connectivity index (χ2n) is 5.94. The van der Waals surface area contributed by atoms with Crippen LogP contribution in [0.5, 0.6) is 0 Å². The van der Waals surface area contributed by atoms with Gasteiger partial charge >= 0.3 is 0 Å². The number of nitrogens with one attached hydrogen (secondary N) is 1. The quantitative estimate of drug-likeness (QED) is 0.865. The van der Waals surface area contributed by atoms with Crippen LogP contribution >= 0.6 is 0 Å². The fourth-order valence-corrected chi connectivity index (χ4v) is 2.73. The fraction of sp³-hybridized carbons (Fsp3) is 0.588. The van der Waals surface area contributed by atoms with E-state index in [1.165, 1.54) is 5.56 Å². The molecule has 110 valence electrons. The topological polar surface area (TPSA) is 32.3 Å². The van der Waals surface area contributed by atoms with Crippen molar-refractivity contribution in [2.24, 2.45) is 5.92 Å². The van der Waals surface area contributed by atoms with Gasteiger partial charge in [-0.25, -0.2) is 0 Å². The van der Waals surface area contributed by atoms with Crippen molar-refractivity contribution in [3.8, 4) is 0 Å². The van der Waals surface area contributed by atoms with Crippen molar-refractivity contribution >= 4 is 11.6 Å². The Labute approximate surface area is 122 Å². The maximum absolute atomic E-state index is 12.3. The molecule has 0 saturated carbocycles. The van der Waals surface area contributed by atoms with Crippen LogP contribution in [0.2, 0.25) is 0 Å². The number of fused-ring (bicyclic) bond motifs is 1. The third-order valence-corrected chi connectivity index (χ3v) is 4.03. The SMILES string of the molecule is CCCNC(CN1C(=O)CCc2ccccc21)C(C)C. The Balaban J connectivity index is 2.16. The lowest BCUT2D eigenvalue weighted by Gasteiger charge is -2.34. The maximum atomic E-state index is 12.3. The highest BCUT2D eigenvalue weighted by Gasteiger charge is 2.27. The lowest BCUT2D eigenvalue weighted by Crippen LogP contribution is -2.48. The molecule has 0 radical (unpaired) electrons. The first-order chi connectivity index (χ1) is 9.63. The van der Waals surface area contributed by atoms with Gasteiger partial charge < -0.3 is 10.2 Å². The number of rotatable bonds is 6. The number of nitrogens with zero attached hydrogens (tertiary/aromatic N) is 1. The smallest absolute Gasteiger partial charge is 0.227 e. The summed E-state index contributed by atoms with van der Waals surface area (Å²) in [5.74, 6) is 0.774. The van der Waals surface area contributed by atoms with E-state index in [-0.39, 0.29) is 5.91 Å². The molecule has 20 heavy (non-hydrogen) atoms. The zero-order chi connectivity index (χ0) is 14.5. The predicted octanol–water partition coefficient (Wildman–Crippen LogP) is 2.99. The van der Waals surface area contributed by atoms with Crippen LogP contribution in [0, 0.1) is 5.92 Å². The van der Waals surface area contributed by atoms with E-state index >= 15 is 0 Å². The van der Waals surface area contributed by atoms with E-state index < -0.39 is 0 Å². The highest BCUT2D eigenvalue weighted by atomic mass is 16.2. The maximum Gasteiger partial charge on any atom is 0.227 e. The Morgan fingerprint density at radius 2 is 2.00 bits per heavy atom. The van der Waals surface area contributed by atoms with Crippen molar-refractivity contribution in [2.75, 3.05) is 18.0 Å². The van der Waals surface area contributed by atoms with Gasteiger partial charge in [0, 0.05) is 24.7 Å². The highest BCUT2D eigenvalue weighted by Crippen LogP contribution is 2.28. The largest absolute Gasteiger partial charge is 0.312 e. The summed E-state index contributed by atoms with van der Waals surface area (Å²) in [6.45, 7) is 8.38. The monoisotopic (exact) mass is 274 g/mol. The molecule has 3 nitrogen and oxygen atoms in total. The summed E-state index contributed by atoms with van der Waals surface area (Å²) >= 11 is 0. The number of carbonyl (C=O) groups is 1. The van der Waals surface area contributed by atoms with Gasteiger partial charge in [-0.3, -0.25) is 4.79 Å². The van der Waals surface area contributed by atoms with Crippen molar-refractivity contribution < 1.29 is 4.79 Å². The summed E-state index contributed by atoms with van der Waals surface area (Å²) in [5.41, 5.74) is 2.40. The van der Waals surface area contributed by atoms with Gasteiger partial charge in [0.15, 0.2) is 0 Å². The number of hydrogen-bond donors (Lipinski definition) is 1. The van der Waals surface area contributed by atoms with Crippen LogP contribution in [0.15, 0.2) is 24.3 Å². The van der Waals surface area contributed by atoms with Crippen molar-refractivity contribution in [3.05, 3.63) is 29.8 Å². The van der Waals surface area contributed by atoms with Crippen LogP contribution in [0.1, 0.15) is 39.2 Å². The first-order valence-electron chi connectivity index (χ1n) is 7.75. The standard InChI is InChI=1S/C17H26N2O/c1-4-11-18-15(13(2)3)12-19-16-8-6-5-7-14(16)9-10-17(19)20/h5-8,13,15,18H,4,9-12H2,1-3H3. The minimum atomic E-state index is 0.257. The summed E-state index contributed by atoms with van der Waals surface area (Å²) in [5, 5.41) is 3.57. The number of anilines is 1. The van der Waals surface area contributed by atoms with Gasteiger partial charge in [-0.15, -0.1) is 0 Å². The summed E-state index contributed by atoms with van der Waals surface area (Å²) in [7, 11) is 0. The summed E-state index contributed by atoms with van der Waals surface area (Å²) in [4.78, 5) is 14.3. The fourth-order valence-electron chi connectivity index (χ4n) is 2.73. The Bertz CT molecular complexity index is 456.